The molecule has 0 bridgehead atoms. The number of nitrogens with one attached hydrogen (secondary N) is 1. The first kappa shape index (κ1) is 20.5. The first-order valence-electron chi connectivity index (χ1n) is 9.38. The summed E-state index contributed by atoms with van der Waals surface area (Å²) in [6.45, 7) is 11.6. The lowest BCUT2D eigenvalue weighted by Gasteiger charge is -2.36. The van der Waals surface area contributed by atoms with Crippen molar-refractivity contribution in [1.29, 1.82) is 0 Å². The number of hydrogen-bond donors (Lipinski definition) is 1. The van der Waals surface area contributed by atoms with Crippen LogP contribution in [0.25, 0.3) is 0 Å². The van der Waals surface area contributed by atoms with Gasteiger partial charge in [0.25, 0.3) is 0 Å². The molecule has 0 radical (unpaired) electrons. The molecule has 27 heavy (non-hydrogen) atoms. The van der Waals surface area contributed by atoms with Crippen molar-refractivity contribution in [2.24, 2.45) is 0 Å². The van der Waals surface area contributed by atoms with Crippen molar-refractivity contribution >= 4 is 21.4 Å². The highest BCUT2D eigenvalue weighted by Gasteiger charge is 2.37. The zero-order valence-electron chi connectivity index (χ0n) is 16.8. The topological polar surface area (TPSA) is 55.4 Å². The van der Waals surface area contributed by atoms with Crippen molar-refractivity contribution in [3.05, 3.63) is 50.2 Å². The molecule has 0 saturated carbocycles. The smallest absolute Gasteiger partial charge is 0.241 e. The molecular formula is C21H29NO3S2. The molecule has 2 heterocycles. The lowest BCUT2D eigenvalue weighted by Crippen LogP contribution is -2.44. The van der Waals surface area contributed by atoms with E-state index in [1.54, 1.807) is 11.3 Å². The monoisotopic (exact) mass is 407 g/mol. The van der Waals surface area contributed by atoms with Crippen LogP contribution in [0.3, 0.4) is 0 Å². The summed E-state index contributed by atoms with van der Waals surface area (Å²) in [4.78, 5) is 1.68. The Morgan fingerprint density at radius 2 is 1.56 bits per heavy atom. The molecule has 4 nitrogen and oxygen atoms in total. The van der Waals surface area contributed by atoms with Crippen LogP contribution in [0.5, 0.6) is 0 Å². The molecule has 3 rings (SSSR count). The van der Waals surface area contributed by atoms with Crippen LogP contribution in [0.1, 0.15) is 45.5 Å². The Morgan fingerprint density at radius 1 is 1.00 bits per heavy atom. The predicted octanol–water partition coefficient (Wildman–Crippen LogP) is 4.32. The van der Waals surface area contributed by atoms with Gasteiger partial charge < -0.3 is 4.74 Å². The number of sulfonamides is 1. The summed E-state index contributed by atoms with van der Waals surface area (Å²) in [5, 5.41) is 2.06. The van der Waals surface area contributed by atoms with E-state index in [2.05, 4.69) is 23.1 Å². The maximum atomic E-state index is 13.3. The number of benzene rings is 1. The van der Waals surface area contributed by atoms with Crippen molar-refractivity contribution in [1.82, 2.24) is 4.72 Å². The van der Waals surface area contributed by atoms with Crippen molar-refractivity contribution in [2.45, 2.75) is 57.8 Å². The molecule has 1 aromatic heterocycles. The summed E-state index contributed by atoms with van der Waals surface area (Å²) < 4.78 is 35.1. The second kappa shape index (κ2) is 7.66. The molecule has 1 fully saturated rings. The Balaban J connectivity index is 1.96. The van der Waals surface area contributed by atoms with Crippen LogP contribution in [-0.4, -0.2) is 28.2 Å². The summed E-state index contributed by atoms with van der Waals surface area (Å²) in [5.41, 5.74) is 4.79. The third-order valence-electron chi connectivity index (χ3n) is 6.29. The van der Waals surface area contributed by atoms with Gasteiger partial charge >= 0.3 is 0 Å². The van der Waals surface area contributed by atoms with Crippen LogP contribution in [0.2, 0.25) is 0 Å². The Kier molecular flexibility index (Phi) is 5.82. The van der Waals surface area contributed by atoms with E-state index in [0.29, 0.717) is 24.7 Å². The van der Waals surface area contributed by atoms with Gasteiger partial charge in [-0.25, -0.2) is 13.1 Å². The SMILES string of the molecule is Cc1c(C)c(C)c(S(=O)(=O)NCC2(c3cccs3)CCOCC2)c(C)c1C. The van der Waals surface area contributed by atoms with Crippen LogP contribution >= 0.6 is 11.3 Å². The van der Waals surface area contributed by atoms with Gasteiger partial charge in [-0.15, -0.1) is 11.3 Å². The fourth-order valence-corrected chi connectivity index (χ4v) is 6.74. The molecule has 1 N–H and O–H groups in total. The number of thiophene rings is 1. The zero-order chi connectivity index (χ0) is 19.8. The largest absolute Gasteiger partial charge is 0.381 e. The van der Waals surface area contributed by atoms with E-state index < -0.39 is 10.0 Å². The highest BCUT2D eigenvalue weighted by atomic mass is 32.2. The predicted molar refractivity (Wildman–Crippen MR) is 111 cm³/mol. The zero-order valence-corrected chi connectivity index (χ0v) is 18.4. The van der Waals surface area contributed by atoms with Gasteiger partial charge in [-0.05, 0) is 86.7 Å². The number of rotatable bonds is 5. The third-order valence-corrected chi connectivity index (χ3v) is 9.08. The number of hydrogen-bond acceptors (Lipinski definition) is 4. The lowest BCUT2D eigenvalue weighted by atomic mass is 9.79. The van der Waals surface area contributed by atoms with Gasteiger partial charge in [0.05, 0.1) is 4.90 Å². The minimum absolute atomic E-state index is 0.184. The summed E-state index contributed by atoms with van der Waals surface area (Å²) in [5.74, 6) is 0. The van der Waals surface area contributed by atoms with Crippen LogP contribution < -0.4 is 4.72 Å². The average Bonchev–Trinajstić information content (AvgIpc) is 3.19. The second-order valence-corrected chi connectivity index (χ2v) is 10.3. The minimum Gasteiger partial charge on any atom is -0.381 e. The van der Waals surface area contributed by atoms with E-state index in [9.17, 15) is 8.42 Å². The van der Waals surface area contributed by atoms with Crippen molar-refractivity contribution < 1.29 is 13.2 Å². The first-order valence-corrected chi connectivity index (χ1v) is 11.7. The van der Waals surface area contributed by atoms with Crippen LogP contribution in [-0.2, 0) is 20.2 Å². The molecule has 0 spiro atoms. The van der Waals surface area contributed by atoms with Gasteiger partial charge in [0, 0.05) is 30.1 Å². The maximum absolute atomic E-state index is 13.3. The Morgan fingerprint density at radius 3 is 2.07 bits per heavy atom. The van der Waals surface area contributed by atoms with Gasteiger partial charge in [0.2, 0.25) is 10.0 Å². The lowest BCUT2D eigenvalue weighted by molar-refractivity contribution is 0.0529. The quantitative estimate of drug-likeness (QED) is 0.803. The van der Waals surface area contributed by atoms with Crippen LogP contribution in [0, 0.1) is 34.6 Å². The first-order chi connectivity index (χ1) is 12.7. The van der Waals surface area contributed by atoms with E-state index in [1.807, 2.05) is 33.8 Å². The standard InChI is InChI=1S/C21H29NO3S2/c1-14-15(2)17(4)20(18(5)16(14)3)27(23,24)22-13-21(8-10-25-11-9-21)19-7-6-12-26-19/h6-7,12,22H,8-11,13H2,1-5H3. The van der Waals surface area contributed by atoms with Gasteiger partial charge in [0.1, 0.15) is 0 Å². The Hall–Kier alpha value is -1.21. The molecular weight excluding hydrogens is 378 g/mol. The van der Waals surface area contributed by atoms with E-state index in [0.717, 1.165) is 35.1 Å². The van der Waals surface area contributed by atoms with Crippen molar-refractivity contribution in [2.75, 3.05) is 19.8 Å². The summed E-state index contributed by atoms with van der Waals surface area (Å²) in [6.07, 6.45) is 1.67. The highest BCUT2D eigenvalue weighted by Crippen LogP contribution is 2.38. The van der Waals surface area contributed by atoms with Gasteiger partial charge in [0.15, 0.2) is 0 Å². The molecule has 2 aromatic rings. The van der Waals surface area contributed by atoms with Gasteiger partial charge in [-0.2, -0.15) is 0 Å². The van der Waals surface area contributed by atoms with Gasteiger partial charge in [-0.3, -0.25) is 0 Å². The van der Waals surface area contributed by atoms with E-state index >= 15 is 0 Å². The summed E-state index contributed by atoms with van der Waals surface area (Å²) in [6, 6.07) is 4.15. The summed E-state index contributed by atoms with van der Waals surface area (Å²) >= 11 is 1.70. The van der Waals surface area contributed by atoms with Crippen LogP contribution in [0.15, 0.2) is 22.4 Å². The molecule has 6 heteroatoms. The molecule has 1 aliphatic rings. The van der Waals surface area contributed by atoms with Crippen molar-refractivity contribution in [3.8, 4) is 0 Å². The molecule has 0 atom stereocenters. The summed E-state index contributed by atoms with van der Waals surface area (Å²) in [7, 11) is -3.60. The molecule has 0 amide bonds. The van der Waals surface area contributed by atoms with Gasteiger partial charge in [-0.1, -0.05) is 6.07 Å². The van der Waals surface area contributed by atoms with E-state index in [4.69, 9.17) is 4.74 Å². The Labute approximate surface area is 167 Å². The van der Waals surface area contributed by atoms with E-state index in [1.165, 1.54) is 10.4 Å². The van der Waals surface area contributed by atoms with Crippen molar-refractivity contribution in [3.63, 3.8) is 0 Å². The third kappa shape index (κ3) is 3.73. The minimum atomic E-state index is -3.60. The highest BCUT2D eigenvalue weighted by molar-refractivity contribution is 7.89. The molecule has 1 aliphatic heterocycles. The Bertz CT molecular complexity index is 896. The second-order valence-electron chi connectivity index (χ2n) is 7.65. The maximum Gasteiger partial charge on any atom is 0.241 e. The normalized spacial score (nSPS) is 17.2. The average molecular weight is 408 g/mol. The van der Waals surface area contributed by atoms with Crippen LogP contribution in [0.4, 0.5) is 0 Å². The molecule has 0 unspecified atom stereocenters. The fourth-order valence-electron chi connectivity index (χ4n) is 4.03. The number of ether oxygens (including phenoxy) is 1. The molecule has 148 valence electrons. The molecule has 0 aliphatic carbocycles. The molecule has 1 saturated heterocycles. The van der Waals surface area contributed by atoms with E-state index in [-0.39, 0.29) is 5.41 Å². The fraction of sp³-hybridized carbons (Fsp3) is 0.524. The molecule has 1 aromatic carbocycles.